The van der Waals surface area contributed by atoms with Crippen LogP contribution in [0, 0.1) is 20.8 Å². The predicted octanol–water partition coefficient (Wildman–Crippen LogP) is 3.34. The van der Waals surface area contributed by atoms with Gasteiger partial charge in [-0.1, -0.05) is 18.6 Å². The van der Waals surface area contributed by atoms with Crippen LogP contribution in [0.1, 0.15) is 30.0 Å². The highest BCUT2D eigenvalue weighted by molar-refractivity contribution is 5.86. The van der Waals surface area contributed by atoms with Crippen LogP contribution in [0.2, 0.25) is 0 Å². The van der Waals surface area contributed by atoms with E-state index in [2.05, 4.69) is 32.9 Å². The molecule has 0 unspecified atom stereocenters. The quantitative estimate of drug-likeness (QED) is 0.774. The number of aromatic nitrogens is 1. The van der Waals surface area contributed by atoms with Gasteiger partial charge in [0.2, 0.25) is 0 Å². The molecule has 2 aromatic rings. The molecule has 90 valence electrons. The van der Waals surface area contributed by atoms with Gasteiger partial charge in [0.05, 0.1) is 5.52 Å². The summed E-state index contributed by atoms with van der Waals surface area (Å²) in [7, 11) is 0. The molecule has 2 nitrogen and oxygen atoms in total. The van der Waals surface area contributed by atoms with Crippen molar-refractivity contribution in [1.82, 2.24) is 4.57 Å². The monoisotopic (exact) mass is 229 g/mol. The fourth-order valence-electron chi connectivity index (χ4n) is 2.52. The Morgan fingerprint density at radius 3 is 2.41 bits per heavy atom. The van der Waals surface area contributed by atoms with Gasteiger partial charge in [-0.15, -0.1) is 0 Å². The van der Waals surface area contributed by atoms with Crippen molar-refractivity contribution in [2.24, 2.45) is 0 Å². The van der Waals surface area contributed by atoms with Crippen LogP contribution in [-0.2, 0) is 6.54 Å². The maximum Gasteiger partial charge on any atom is 0.251 e. The van der Waals surface area contributed by atoms with Crippen molar-refractivity contribution in [2.45, 2.75) is 40.7 Å². The van der Waals surface area contributed by atoms with Gasteiger partial charge in [-0.05, 0) is 44.4 Å². The number of benzene rings is 1. The molecular weight excluding hydrogens is 210 g/mol. The van der Waals surface area contributed by atoms with Gasteiger partial charge in [0, 0.05) is 18.0 Å². The molecule has 0 aliphatic heterocycles. The molecule has 0 radical (unpaired) electrons. The SMILES string of the molecule is CCCn1c(=O)cc(C)c2cc(C)cc(C)c21. The van der Waals surface area contributed by atoms with Gasteiger partial charge in [0.25, 0.3) is 5.56 Å². The molecule has 1 heterocycles. The van der Waals surface area contributed by atoms with Gasteiger partial charge in [0.15, 0.2) is 0 Å². The van der Waals surface area contributed by atoms with Crippen LogP contribution in [0.5, 0.6) is 0 Å². The molecule has 0 bridgehead atoms. The third-order valence-electron chi connectivity index (χ3n) is 3.19. The van der Waals surface area contributed by atoms with Crippen molar-refractivity contribution < 1.29 is 0 Å². The summed E-state index contributed by atoms with van der Waals surface area (Å²) in [6.07, 6.45) is 0.978. The van der Waals surface area contributed by atoms with Crippen molar-refractivity contribution in [3.8, 4) is 0 Å². The smallest absolute Gasteiger partial charge is 0.251 e. The Morgan fingerprint density at radius 2 is 1.76 bits per heavy atom. The van der Waals surface area contributed by atoms with Crippen LogP contribution >= 0.6 is 0 Å². The summed E-state index contributed by atoms with van der Waals surface area (Å²) < 4.78 is 1.90. The second-order valence-electron chi connectivity index (χ2n) is 4.80. The Bertz CT molecular complexity index is 623. The van der Waals surface area contributed by atoms with E-state index in [1.54, 1.807) is 6.07 Å². The first-order chi connectivity index (χ1) is 8.04. The zero-order valence-electron chi connectivity index (χ0n) is 11.0. The molecule has 1 aromatic carbocycles. The summed E-state index contributed by atoms with van der Waals surface area (Å²) in [4.78, 5) is 12.0. The van der Waals surface area contributed by atoms with E-state index in [0.29, 0.717) is 0 Å². The highest BCUT2D eigenvalue weighted by Gasteiger charge is 2.08. The highest BCUT2D eigenvalue weighted by atomic mass is 16.1. The zero-order chi connectivity index (χ0) is 12.6. The Kier molecular flexibility index (Phi) is 3.05. The number of hydrogen-bond donors (Lipinski definition) is 0. The molecule has 0 spiro atoms. The minimum atomic E-state index is 0.115. The van der Waals surface area contributed by atoms with Crippen LogP contribution in [0.4, 0.5) is 0 Å². The van der Waals surface area contributed by atoms with Crippen LogP contribution in [0.3, 0.4) is 0 Å². The maximum absolute atomic E-state index is 12.0. The molecule has 0 aliphatic carbocycles. The Labute approximate surface area is 102 Å². The second-order valence-corrected chi connectivity index (χ2v) is 4.80. The molecule has 2 rings (SSSR count). The zero-order valence-corrected chi connectivity index (χ0v) is 11.0. The lowest BCUT2D eigenvalue weighted by molar-refractivity contribution is 0.676. The lowest BCUT2D eigenvalue weighted by Crippen LogP contribution is -2.20. The number of pyridine rings is 1. The largest absolute Gasteiger partial charge is 0.308 e. The summed E-state index contributed by atoms with van der Waals surface area (Å²) in [5, 5.41) is 1.20. The summed E-state index contributed by atoms with van der Waals surface area (Å²) >= 11 is 0. The van der Waals surface area contributed by atoms with E-state index < -0.39 is 0 Å². The Hall–Kier alpha value is -1.57. The van der Waals surface area contributed by atoms with E-state index in [1.165, 1.54) is 16.5 Å². The molecule has 2 heteroatoms. The summed E-state index contributed by atoms with van der Waals surface area (Å²) in [6.45, 7) is 9.08. The summed E-state index contributed by atoms with van der Waals surface area (Å²) in [5.74, 6) is 0. The number of nitrogens with zero attached hydrogens (tertiary/aromatic N) is 1. The number of rotatable bonds is 2. The first-order valence-corrected chi connectivity index (χ1v) is 6.16. The lowest BCUT2D eigenvalue weighted by Gasteiger charge is -2.14. The molecule has 0 N–H and O–H groups in total. The molecule has 0 aliphatic rings. The van der Waals surface area contributed by atoms with Gasteiger partial charge in [-0.2, -0.15) is 0 Å². The van der Waals surface area contributed by atoms with Gasteiger partial charge in [0.1, 0.15) is 0 Å². The number of hydrogen-bond acceptors (Lipinski definition) is 1. The maximum atomic E-state index is 12.0. The van der Waals surface area contributed by atoms with Crippen molar-refractivity contribution in [3.05, 3.63) is 45.2 Å². The van der Waals surface area contributed by atoms with E-state index in [1.807, 2.05) is 11.5 Å². The average Bonchev–Trinajstić information content (AvgIpc) is 2.24. The van der Waals surface area contributed by atoms with Gasteiger partial charge in [-0.25, -0.2) is 0 Å². The summed E-state index contributed by atoms with van der Waals surface area (Å²) in [6, 6.07) is 6.06. The van der Waals surface area contributed by atoms with E-state index >= 15 is 0 Å². The van der Waals surface area contributed by atoms with Crippen molar-refractivity contribution in [2.75, 3.05) is 0 Å². The van der Waals surface area contributed by atoms with Crippen molar-refractivity contribution in [3.63, 3.8) is 0 Å². The number of aryl methyl sites for hydroxylation is 4. The first-order valence-electron chi connectivity index (χ1n) is 6.16. The fourth-order valence-corrected chi connectivity index (χ4v) is 2.52. The van der Waals surface area contributed by atoms with Crippen LogP contribution in [0.15, 0.2) is 23.0 Å². The standard InChI is InChI=1S/C15H19NO/c1-5-6-16-14(17)9-11(3)13-8-10(2)7-12(4)15(13)16/h7-9H,5-6H2,1-4H3. The fraction of sp³-hybridized carbons (Fsp3) is 0.400. The molecule has 0 saturated heterocycles. The normalized spacial score (nSPS) is 11.1. The van der Waals surface area contributed by atoms with E-state index in [4.69, 9.17) is 0 Å². The Balaban J connectivity index is 2.94. The van der Waals surface area contributed by atoms with Gasteiger partial charge in [-0.3, -0.25) is 4.79 Å². The molecule has 1 aromatic heterocycles. The minimum Gasteiger partial charge on any atom is -0.308 e. The molecule has 0 atom stereocenters. The minimum absolute atomic E-state index is 0.115. The van der Waals surface area contributed by atoms with E-state index in [0.717, 1.165) is 24.0 Å². The van der Waals surface area contributed by atoms with Crippen molar-refractivity contribution in [1.29, 1.82) is 0 Å². The molecule has 0 saturated carbocycles. The molecule has 17 heavy (non-hydrogen) atoms. The Morgan fingerprint density at radius 1 is 1.06 bits per heavy atom. The van der Waals surface area contributed by atoms with E-state index in [-0.39, 0.29) is 5.56 Å². The van der Waals surface area contributed by atoms with Crippen LogP contribution in [-0.4, -0.2) is 4.57 Å². The molecular formula is C15H19NO. The van der Waals surface area contributed by atoms with Crippen LogP contribution < -0.4 is 5.56 Å². The lowest BCUT2D eigenvalue weighted by atomic mass is 10.0. The highest BCUT2D eigenvalue weighted by Crippen LogP contribution is 2.22. The predicted molar refractivity (Wildman–Crippen MR) is 72.7 cm³/mol. The first kappa shape index (κ1) is 11.9. The average molecular weight is 229 g/mol. The van der Waals surface area contributed by atoms with Crippen molar-refractivity contribution >= 4 is 10.9 Å². The van der Waals surface area contributed by atoms with Gasteiger partial charge < -0.3 is 4.57 Å². The molecule has 0 amide bonds. The van der Waals surface area contributed by atoms with Gasteiger partial charge >= 0.3 is 0 Å². The topological polar surface area (TPSA) is 22.0 Å². The van der Waals surface area contributed by atoms with E-state index in [9.17, 15) is 4.79 Å². The summed E-state index contributed by atoms with van der Waals surface area (Å²) in [5.41, 5.74) is 4.73. The number of fused-ring (bicyclic) bond motifs is 1. The van der Waals surface area contributed by atoms with Crippen LogP contribution in [0.25, 0.3) is 10.9 Å². The second kappa shape index (κ2) is 4.36. The third-order valence-corrected chi connectivity index (χ3v) is 3.19. The third kappa shape index (κ3) is 1.99. The molecule has 0 fully saturated rings.